The largest absolute Gasteiger partial charge is 0.493 e. The third-order valence-electron chi connectivity index (χ3n) is 6.37. The van der Waals surface area contributed by atoms with Gasteiger partial charge in [0.1, 0.15) is 17.1 Å². The molecule has 2 N–H and O–H groups in total. The van der Waals surface area contributed by atoms with Gasteiger partial charge in [0.05, 0.1) is 28.6 Å². The van der Waals surface area contributed by atoms with Crippen molar-refractivity contribution in [2.24, 2.45) is 0 Å². The van der Waals surface area contributed by atoms with Crippen molar-refractivity contribution in [2.75, 3.05) is 38.2 Å². The number of halogens is 2. The summed E-state index contributed by atoms with van der Waals surface area (Å²) in [5.41, 5.74) is 0.311. The number of hydrogen-bond acceptors (Lipinski definition) is 7. The average molecular weight is 587 g/mol. The first kappa shape index (κ1) is 28.3. The van der Waals surface area contributed by atoms with Crippen LogP contribution >= 0.6 is 22.9 Å². The van der Waals surface area contributed by atoms with Crippen molar-refractivity contribution in [2.45, 2.75) is 42.8 Å². The number of ether oxygens (including phenoxy) is 1. The number of anilines is 1. The molecule has 2 atom stereocenters. The van der Waals surface area contributed by atoms with Gasteiger partial charge in [-0.2, -0.15) is 4.72 Å². The minimum atomic E-state index is -4.40. The molecule has 2 aliphatic rings. The lowest BCUT2D eigenvalue weighted by atomic mass is 10.1. The van der Waals surface area contributed by atoms with Gasteiger partial charge in [-0.1, -0.05) is 17.7 Å². The second kappa shape index (κ2) is 12.0. The molecule has 2 saturated heterocycles. The number of benzene rings is 1. The molecule has 2 aromatic rings. The summed E-state index contributed by atoms with van der Waals surface area (Å²) in [6.45, 7) is 0.00183. The molecule has 1 aromatic carbocycles. The van der Waals surface area contributed by atoms with Gasteiger partial charge in [-0.05, 0) is 43.5 Å². The fourth-order valence-electron chi connectivity index (χ4n) is 4.48. The fourth-order valence-corrected chi connectivity index (χ4v) is 6.82. The van der Waals surface area contributed by atoms with Gasteiger partial charge in [0.2, 0.25) is 21.8 Å². The van der Waals surface area contributed by atoms with E-state index < -0.39 is 34.1 Å². The lowest BCUT2D eigenvalue weighted by Crippen LogP contribution is -2.53. The third kappa shape index (κ3) is 6.28. The van der Waals surface area contributed by atoms with Crippen molar-refractivity contribution in [1.82, 2.24) is 14.9 Å². The van der Waals surface area contributed by atoms with E-state index in [2.05, 4.69) is 10.0 Å². The fraction of sp³-hybridized carbons (Fsp3) is 0.458. The summed E-state index contributed by atoms with van der Waals surface area (Å²) < 4.78 is 49.2. The second-order valence-electron chi connectivity index (χ2n) is 8.97. The van der Waals surface area contributed by atoms with Crippen molar-refractivity contribution >= 4 is 56.4 Å². The maximum atomic E-state index is 13.8. The van der Waals surface area contributed by atoms with E-state index in [-0.39, 0.29) is 47.5 Å². The van der Waals surface area contributed by atoms with Crippen LogP contribution in [0.1, 0.15) is 35.4 Å². The first-order valence-electron chi connectivity index (χ1n) is 12.1. The molecule has 3 heterocycles. The Hall–Kier alpha value is -2.74. The zero-order chi connectivity index (χ0) is 27.4. The van der Waals surface area contributed by atoms with Crippen molar-refractivity contribution in [3.8, 4) is 5.75 Å². The van der Waals surface area contributed by atoms with Crippen LogP contribution in [-0.4, -0.2) is 76.5 Å². The van der Waals surface area contributed by atoms with Gasteiger partial charge in [-0.15, -0.1) is 11.3 Å². The monoisotopic (exact) mass is 586 g/mol. The molecule has 3 amide bonds. The number of nitrogens with zero attached hydrogens (tertiary/aromatic N) is 2. The van der Waals surface area contributed by atoms with Crippen molar-refractivity contribution in [1.29, 1.82) is 0 Å². The Kier molecular flexibility index (Phi) is 8.91. The normalized spacial score (nSPS) is 18.9. The number of sulfonamides is 1. The summed E-state index contributed by atoms with van der Waals surface area (Å²) in [7, 11) is -3.10. The number of rotatable bonds is 9. The molecular formula is C24H28ClFN4O6S2. The van der Waals surface area contributed by atoms with Crippen LogP contribution in [0, 0.1) is 0 Å². The molecule has 0 spiro atoms. The van der Waals surface area contributed by atoms with Gasteiger partial charge < -0.3 is 19.9 Å². The molecular weight excluding hydrogens is 559 g/mol. The average Bonchev–Trinajstić information content (AvgIpc) is 3.54. The highest BCUT2D eigenvalue weighted by Crippen LogP contribution is 2.36. The summed E-state index contributed by atoms with van der Waals surface area (Å²) >= 11 is 6.93. The molecule has 10 nitrogen and oxygen atoms in total. The van der Waals surface area contributed by atoms with E-state index in [9.17, 15) is 27.2 Å². The van der Waals surface area contributed by atoms with Crippen LogP contribution in [-0.2, 0) is 19.6 Å². The first-order chi connectivity index (χ1) is 18.1. The van der Waals surface area contributed by atoms with Crippen LogP contribution in [0.4, 0.5) is 10.1 Å². The first-order valence-corrected chi connectivity index (χ1v) is 14.7. The molecule has 14 heteroatoms. The van der Waals surface area contributed by atoms with E-state index in [1.54, 1.807) is 12.1 Å². The predicted octanol–water partition coefficient (Wildman–Crippen LogP) is 2.57. The molecule has 0 bridgehead atoms. The number of para-hydroxylation sites is 1. The minimum absolute atomic E-state index is 0.0382. The quantitative estimate of drug-likeness (QED) is 0.465. The Labute approximate surface area is 229 Å². The number of hydrogen-bond donors (Lipinski definition) is 2. The standard InChI is InChI=1S/C24H28ClFN4O6S2/c1-36-22-17(30-11-3-2-7-21(30)31)5-4-6-19(22)38(34,35)28-16(24(33)29-12-10-15(26)14-29)13-27-23(32)18-8-9-20(25)37-18/h4-6,8-9,15-16,28H,2-3,7,10-14H2,1H3,(H,27,32)/t15-,16-/m0/s1. The van der Waals surface area contributed by atoms with E-state index in [4.69, 9.17) is 16.3 Å². The van der Waals surface area contributed by atoms with Crippen LogP contribution in [0.5, 0.6) is 5.75 Å². The van der Waals surface area contributed by atoms with Gasteiger partial charge >= 0.3 is 0 Å². The molecule has 38 heavy (non-hydrogen) atoms. The molecule has 0 unspecified atom stereocenters. The summed E-state index contributed by atoms with van der Waals surface area (Å²) in [4.78, 5) is 41.1. The van der Waals surface area contributed by atoms with Gasteiger partial charge in [-0.3, -0.25) is 14.4 Å². The van der Waals surface area contributed by atoms with Gasteiger partial charge in [0.25, 0.3) is 5.91 Å². The Morgan fingerprint density at radius 1 is 1.24 bits per heavy atom. The Morgan fingerprint density at radius 3 is 2.66 bits per heavy atom. The van der Waals surface area contributed by atoms with Crippen LogP contribution in [0.15, 0.2) is 35.2 Å². The number of thiophene rings is 1. The number of amides is 3. The number of likely N-dealkylation sites (tertiary alicyclic amines) is 1. The molecule has 0 saturated carbocycles. The minimum Gasteiger partial charge on any atom is -0.493 e. The van der Waals surface area contributed by atoms with Gasteiger partial charge in [-0.25, -0.2) is 12.8 Å². The van der Waals surface area contributed by atoms with E-state index in [1.807, 2.05) is 0 Å². The molecule has 0 radical (unpaired) electrons. The molecule has 0 aliphatic carbocycles. The van der Waals surface area contributed by atoms with Crippen LogP contribution < -0.4 is 19.7 Å². The summed E-state index contributed by atoms with van der Waals surface area (Å²) in [5.74, 6) is -1.38. The third-order valence-corrected chi connectivity index (χ3v) is 9.09. The highest BCUT2D eigenvalue weighted by Gasteiger charge is 2.35. The summed E-state index contributed by atoms with van der Waals surface area (Å²) in [6, 6.07) is 6.03. The molecule has 1 aromatic heterocycles. The number of piperidine rings is 1. The van der Waals surface area contributed by atoms with Crippen molar-refractivity contribution < 1.29 is 31.9 Å². The Morgan fingerprint density at radius 2 is 2.03 bits per heavy atom. The molecule has 2 fully saturated rings. The van der Waals surface area contributed by atoms with E-state index in [0.717, 1.165) is 24.2 Å². The van der Waals surface area contributed by atoms with E-state index in [1.165, 1.54) is 35.1 Å². The van der Waals surface area contributed by atoms with E-state index >= 15 is 0 Å². The smallest absolute Gasteiger partial charge is 0.261 e. The molecule has 2 aliphatic heterocycles. The number of alkyl halides is 1. The van der Waals surface area contributed by atoms with Crippen LogP contribution in [0.2, 0.25) is 4.34 Å². The van der Waals surface area contributed by atoms with Gasteiger partial charge in [0.15, 0.2) is 5.75 Å². The lowest BCUT2D eigenvalue weighted by molar-refractivity contribution is -0.132. The SMILES string of the molecule is COc1c(N2CCCCC2=O)cccc1S(=O)(=O)N[C@@H](CNC(=O)c1ccc(Cl)s1)C(=O)N1CC[C@H](F)C1. The van der Waals surface area contributed by atoms with Crippen molar-refractivity contribution in [3.05, 3.63) is 39.5 Å². The topological polar surface area (TPSA) is 125 Å². The maximum Gasteiger partial charge on any atom is 0.261 e. The maximum absolute atomic E-state index is 13.8. The number of nitrogens with one attached hydrogen (secondary N) is 2. The Bertz CT molecular complexity index is 1320. The second-order valence-corrected chi connectivity index (χ2v) is 12.4. The number of methoxy groups -OCH3 is 1. The number of carbonyl (C=O) groups is 3. The number of carbonyl (C=O) groups excluding carboxylic acids is 3. The Balaban J connectivity index is 1.61. The zero-order valence-electron chi connectivity index (χ0n) is 20.6. The van der Waals surface area contributed by atoms with Crippen LogP contribution in [0.25, 0.3) is 0 Å². The highest BCUT2D eigenvalue weighted by molar-refractivity contribution is 7.89. The molecule has 4 rings (SSSR count). The predicted molar refractivity (Wildman–Crippen MR) is 141 cm³/mol. The zero-order valence-corrected chi connectivity index (χ0v) is 23.0. The summed E-state index contributed by atoms with van der Waals surface area (Å²) in [5, 5.41) is 2.56. The lowest BCUT2D eigenvalue weighted by Gasteiger charge is -2.29. The molecule has 206 valence electrons. The summed E-state index contributed by atoms with van der Waals surface area (Å²) in [6.07, 6.45) is 0.792. The highest BCUT2D eigenvalue weighted by atomic mass is 35.5. The van der Waals surface area contributed by atoms with Gasteiger partial charge in [0, 0.05) is 26.1 Å². The van der Waals surface area contributed by atoms with Crippen LogP contribution in [0.3, 0.4) is 0 Å². The van der Waals surface area contributed by atoms with Crippen molar-refractivity contribution in [3.63, 3.8) is 0 Å². The van der Waals surface area contributed by atoms with E-state index in [0.29, 0.717) is 23.0 Å².